The molecule has 0 aromatic heterocycles. The average Bonchev–Trinajstić information content (AvgIpc) is 3.23. The van der Waals surface area contributed by atoms with E-state index in [2.05, 4.69) is 10.3 Å². The number of para-hydroxylation sites is 1. The predicted molar refractivity (Wildman–Crippen MR) is 139 cm³/mol. The number of amidine groups is 2. The second kappa shape index (κ2) is 10.6. The third kappa shape index (κ3) is 5.18. The molecule has 9 nitrogen and oxygen atoms in total. The number of hydrogen-bond donors (Lipinski definition) is 1. The number of nitrogens with one attached hydrogen (secondary N) is 1. The number of nitrogens with zero attached hydrogens (tertiary/aromatic N) is 4. The Morgan fingerprint density at radius 2 is 1.83 bits per heavy atom. The lowest BCUT2D eigenvalue weighted by atomic mass is 9.95. The molecular weight excluding hydrogens is 478 g/mol. The van der Waals surface area contributed by atoms with Crippen LogP contribution in [0.2, 0.25) is 0 Å². The van der Waals surface area contributed by atoms with Crippen LogP contribution in [-0.4, -0.2) is 44.7 Å². The molecular formula is C26H27N5O4S. The summed E-state index contributed by atoms with van der Waals surface area (Å²) in [5.74, 6) is 0.786. The number of benzene rings is 2. The third-order valence-corrected chi connectivity index (χ3v) is 7.76. The number of fused-ring (bicyclic) bond motifs is 3. The van der Waals surface area contributed by atoms with Crippen molar-refractivity contribution < 1.29 is 14.5 Å². The van der Waals surface area contributed by atoms with Gasteiger partial charge in [0.15, 0.2) is 5.17 Å². The Balaban J connectivity index is 1.31. The maximum atomic E-state index is 13.0. The summed E-state index contributed by atoms with van der Waals surface area (Å²) in [6, 6.07) is 13.6. The fourth-order valence-electron chi connectivity index (χ4n) is 4.85. The van der Waals surface area contributed by atoms with Crippen molar-refractivity contribution in [1.29, 1.82) is 0 Å². The van der Waals surface area contributed by atoms with Crippen LogP contribution in [0.15, 0.2) is 58.5 Å². The summed E-state index contributed by atoms with van der Waals surface area (Å²) < 4.78 is 0. The van der Waals surface area contributed by atoms with Crippen molar-refractivity contribution in [2.75, 3.05) is 0 Å². The third-order valence-electron chi connectivity index (χ3n) is 6.74. The minimum Gasteiger partial charge on any atom is -0.353 e. The number of nitro benzene ring substituents is 1. The number of amides is 2. The van der Waals surface area contributed by atoms with Crippen molar-refractivity contribution in [1.82, 2.24) is 10.2 Å². The molecule has 1 saturated carbocycles. The number of thioether (sulfide) groups is 1. The molecule has 10 heteroatoms. The number of hydrogen-bond acceptors (Lipinski definition) is 7. The molecule has 5 rings (SSSR count). The minimum absolute atomic E-state index is 0.0300. The van der Waals surface area contributed by atoms with E-state index in [9.17, 15) is 19.7 Å². The zero-order chi connectivity index (χ0) is 25.1. The normalized spacial score (nSPS) is 19.3. The SMILES string of the molecule is O=C(CCC1C(=O)N=C2c3ccccc3N=C(SCc3ccc([N+](=O)[O-])cc3)N21)NC1CCCCC1. The zero-order valence-corrected chi connectivity index (χ0v) is 20.6. The van der Waals surface area contributed by atoms with Crippen LogP contribution in [0.5, 0.6) is 0 Å². The molecule has 1 unspecified atom stereocenters. The van der Waals surface area contributed by atoms with Gasteiger partial charge >= 0.3 is 0 Å². The van der Waals surface area contributed by atoms with Gasteiger partial charge in [0.2, 0.25) is 5.91 Å². The van der Waals surface area contributed by atoms with Gasteiger partial charge in [-0.2, -0.15) is 4.99 Å². The van der Waals surface area contributed by atoms with Crippen molar-refractivity contribution in [2.45, 2.75) is 62.8 Å². The first-order chi connectivity index (χ1) is 17.5. The molecule has 186 valence electrons. The Morgan fingerprint density at radius 1 is 1.08 bits per heavy atom. The highest BCUT2D eigenvalue weighted by Gasteiger charge is 2.41. The van der Waals surface area contributed by atoms with Crippen LogP contribution in [0.4, 0.5) is 11.4 Å². The minimum atomic E-state index is -0.589. The van der Waals surface area contributed by atoms with Gasteiger partial charge in [0, 0.05) is 35.9 Å². The van der Waals surface area contributed by atoms with E-state index in [1.807, 2.05) is 29.2 Å². The van der Waals surface area contributed by atoms with Crippen molar-refractivity contribution in [3.05, 3.63) is 69.8 Å². The summed E-state index contributed by atoms with van der Waals surface area (Å²) in [6.45, 7) is 0. The summed E-state index contributed by atoms with van der Waals surface area (Å²) in [4.78, 5) is 47.2. The van der Waals surface area contributed by atoms with Gasteiger partial charge in [-0.1, -0.05) is 55.3 Å². The summed E-state index contributed by atoms with van der Waals surface area (Å²) >= 11 is 1.45. The van der Waals surface area contributed by atoms with Crippen LogP contribution in [-0.2, 0) is 15.3 Å². The molecule has 0 saturated heterocycles. The molecule has 1 atom stereocenters. The van der Waals surface area contributed by atoms with E-state index in [4.69, 9.17) is 4.99 Å². The van der Waals surface area contributed by atoms with Crippen LogP contribution >= 0.6 is 11.8 Å². The lowest BCUT2D eigenvalue weighted by molar-refractivity contribution is -0.384. The summed E-state index contributed by atoms with van der Waals surface area (Å²) in [7, 11) is 0. The molecule has 1 aliphatic carbocycles. The second-order valence-corrected chi connectivity index (χ2v) is 10.2. The lowest BCUT2D eigenvalue weighted by Gasteiger charge is -2.31. The predicted octanol–water partition coefficient (Wildman–Crippen LogP) is 4.72. The van der Waals surface area contributed by atoms with Gasteiger partial charge in [0.25, 0.3) is 11.6 Å². The largest absolute Gasteiger partial charge is 0.353 e. The molecule has 2 aromatic rings. The first-order valence-electron chi connectivity index (χ1n) is 12.2. The fourth-order valence-corrected chi connectivity index (χ4v) is 5.86. The molecule has 3 aliphatic rings. The molecule has 0 bridgehead atoms. The average molecular weight is 506 g/mol. The van der Waals surface area contributed by atoms with Crippen molar-refractivity contribution in [3.63, 3.8) is 0 Å². The van der Waals surface area contributed by atoms with E-state index in [1.165, 1.54) is 30.3 Å². The zero-order valence-electron chi connectivity index (χ0n) is 19.8. The van der Waals surface area contributed by atoms with Gasteiger partial charge in [0.05, 0.1) is 10.6 Å². The Morgan fingerprint density at radius 3 is 2.58 bits per heavy atom. The monoisotopic (exact) mass is 505 g/mol. The number of carbonyl (C=O) groups is 2. The van der Waals surface area contributed by atoms with Crippen LogP contribution in [0, 0.1) is 10.1 Å². The number of non-ortho nitro benzene ring substituents is 1. The van der Waals surface area contributed by atoms with E-state index < -0.39 is 11.0 Å². The van der Waals surface area contributed by atoms with Crippen LogP contribution < -0.4 is 5.32 Å². The first-order valence-corrected chi connectivity index (χ1v) is 13.2. The van der Waals surface area contributed by atoms with Crippen LogP contribution in [0.3, 0.4) is 0 Å². The van der Waals surface area contributed by atoms with E-state index in [-0.39, 0.29) is 30.0 Å². The molecule has 1 N–H and O–H groups in total. The summed E-state index contributed by atoms with van der Waals surface area (Å²) in [5, 5.41) is 14.7. The van der Waals surface area contributed by atoms with E-state index >= 15 is 0 Å². The number of rotatable bonds is 7. The Kier molecular flexibility index (Phi) is 7.13. The maximum absolute atomic E-state index is 13.0. The molecule has 2 aliphatic heterocycles. The van der Waals surface area contributed by atoms with E-state index in [1.54, 1.807) is 12.1 Å². The molecule has 1 fully saturated rings. The van der Waals surface area contributed by atoms with Gasteiger partial charge in [-0.15, -0.1) is 0 Å². The van der Waals surface area contributed by atoms with Crippen LogP contribution in [0.25, 0.3) is 0 Å². The number of aliphatic imine (C=N–C) groups is 2. The molecule has 36 heavy (non-hydrogen) atoms. The van der Waals surface area contributed by atoms with Gasteiger partial charge in [-0.3, -0.25) is 24.6 Å². The summed E-state index contributed by atoms with van der Waals surface area (Å²) in [6.07, 6.45) is 6.13. The van der Waals surface area contributed by atoms with E-state index in [0.29, 0.717) is 23.2 Å². The lowest BCUT2D eigenvalue weighted by Crippen LogP contribution is -2.44. The quantitative estimate of drug-likeness (QED) is 0.430. The summed E-state index contributed by atoms with van der Waals surface area (Å²) in [5.41, 5.74) is 2.47. The standard InChI is InChI=1S/C26H27N5O4S/c32-23(27-18-6-2-1-3-7-18)15-14-22-25(33)29-24-20-8-4-5-9-21(20)28-26(30(22)24)36-16-17-10-12-19(13-11-17)31(34)35/h4-5,8-13,18,22H,1-3,6-7,14-16H2,(H,27,32). The van der Waals surface area contributed by atoms with Crippen molar-refractivity contribution in [2.24, 2.45) is 9.98 Å². The van der Waals surface area contributed by atoms with Gasteiger partial charge < -0.3 is 5.32 Å². The maximum Gasteiger partial charge on any atom is 0.270 e. The highest BCUT2D eigenvalue weighted by molar-refractivity contribution is 8.13. The number of nitro groups is 1. The molecule has 2 aromatic carbocycles. The Hall–Kier alpha value is -3.53. The fraction of sp³-hybridized carbons (Fsp3) is 0.385. The van der Waals surface area contributed by atoms with Crippen LogP contribution in [0.1, 0.15) is 56.1 Å². The van der Waals surface area contributed by atoms with Gasteiger partial charge in [0.1, 0.15) is 11.9 Å². The van der Waals surface area contributed by atoms with Crippen molar-refractivity contribution >= 4 is 46.0 Å². The van der Waals surface area contributed by atoms with Gasteiger partial charge in [-0.05, 0) is 37.0 Å². The highest BCUT2D eigenvalue weighted by Crippen LogP contribution is 2.36. The molecule has 0 radical (unpaired) electrons. The smallest absolute Gasteiger partial charge is 0.270 e. The Bertz CT molecular complexity index is 1240. The van der Waals surface area contributed by atoms with E-state index in [0.717, 1.165) is 42.5 Å². The highest BCUT2D eigenvalue weighted by atomic mass is 32.2. The van der Waals surface area contributed by atoms with Gasteiger partial charge in [-0.25, -0.2) is 4.99 Å². The molecule has 2 heterocycles. The second-order valence-electron chi connectivity index (χ2n) is 9.22. The molecule has 0 spiro atoms. The Labute approximate surface area is 213 Å². The van der Waals surface area contributed by atoms with Crippen molar-refractivity contribution in [3.8, 4) is 0 Å². The molecule has 2 amide bonds. The topological polar surface area (TPSA) is 117 Å². The number of carbonyl (C=O) groups excluding carboxylic acids is 2. The first kappa shape index (κ1) is 24.2.